The van der Waals surface area contributed by atoms with Gasteiger partial charge in [-0.3, -0.25) is 0 Å². The molecule has 0 radical (unpaired) electrons. The molecular formula is C20H17NO. The number of aryl methyl sites for hydroxylation is 1. The van der Waals surface area contributed by atoms with E-state index in [2.05, 4.69) is 43.3 Å². The van der Waals surface area contributed by atoms with Gasteiger partial charge in [0.25, 0.3) is 0 Å². The molecule has 2 aromatic carbocycles. The van der Waals surface area contributed by atoms with E-state index in [0.717, 1.165) is 28.6 Å². The maximum atomic E-state index is 9.44. The smallest absolute Gasteiger partial charge is 0.0713 e. The molecule has 1 N–H and O–H groups in total. The predicted molar refractivity (Wildman–Crippen MR) is 89.6 cm³/mol. The Hall–Kier alpha value is -2.45. The summed E-state index contributed by atoms with van der Waals surface area (Å²) in [5, 5.41) is 10.5. The van der Waals surface area contributed by atoms with Crippen LogP contribution in [0, 0.1) is 6.92 Å². The molecule has 3 aromatic rings. The summed E-state index contributed by atoms with van der Waals surface area (Å²) < 4.78 is 0. The zero-order valence-corrected chi connectivity index (χ0v) is 12.5. The van der Waals surface area contributed by atoms with Gasteiger partial charge in [-0.05, 0) is 47.7 Å². The van der Waals surface area contributed by atoms with Gasteiger partial charge in [0.2, 0.25) is 0 Å². The fourth-order valence-corrected chi connectivity index (χ4v) is 3.29. The van der Waals surface area contributed by atoms with Crippen LogP contribution in [0.15, 0.2) is 54.6 Å². The lowest BCUT2D eigenvalue weighted by Crippen LogP contribution is -1.94. The van der Waals surface area contributed by atoms with Crippen LogP contribution in [0.3, 0.4) is 0 Å². The lowest BCUT2D eigenvalue weighted by molar-refractivity contribution is 0.283. The van der Waals surface area contributed by atoms with Crippen molar-refractivity contribution in [2.45, 2.75) is 20.0 Å². The number of aliphatic hydroxyl groups is 1. The Morgan fingerprint density at radius 3 is 2.77 bits per heavy atom. The molecule has 0 fully saturated rings. The molecule has 4 rings (SSSR count). The molecule has 1 aromatic heterocycles. The molecule has 1 aliphatic carbocycles. The zero-order valence-electron chi connectivity index (χ0n) is 12.5. The molecule has 1 heterocycles. The Morgan fingerprint density at radius 1 is 1.05 bits per heavy atom. The fraction of sp³-hybridized carbons (Fsp3) is 0.150. The average molecular weight is 287 g/mol. The second kappa shape index (κ2) is 5.08. The maximum absolute atomic E-state index is 9.44. The van der Waals surface area contributed by atoms with E-state index in [9.17, 15) is 5.11 Å². The normalized spacial score (nSPS) is 13.3. The fourth-order valence-electron chi connectivity index (χ4n) is 3.29. The number of aliphatic hydroxyl groups excluding tert-OH is 1. The number of aromatic nitrogens is 1. The average Bonchev–Trinajstić information content (AvgIpc) is 2.99. The topological polar surface area (TPSA) is 33.1 Å². The molecule has 0 spiro atoms. The Labute approximate surface area is 129 Å². The van der Waals surface area contributed by atoms with Gasteiger partial charge in [0, 0.05) is 11.0 Å². The summed E-state index contributed by atoms with van der Waals surface area (Å²) >= 11 is 0. The Bertz CT molecular complexity index is 909. The third-order valence-corrected chi connectivity index (χ3v) is 4.48. The van der Waals surface area contributed by atoms with Gasteiger partial charge in [-0.1, -0.05) is 42.5 Å². The first-order chi connectivity index (χ1) is 10.8. The van der Waals surface area contributed by atoms with E-state index in [1.165, 1.54) is 22.3 Å². The van der Waals surface area contributed by atoms with E-state index >= 15 is 0 Å². The SMILES string of the molecule is Cc1cccc2c1CC=C2c1ccc2c(CO)cccc2n1. The molecule has 0 saturated carbocycles. The number of rotatable bonds is 2. The molecule has 0 bridgehead atoms. The lowest BCUT2D eigenvalue weighted by Gasteiger charge is -2.09. The van der Waals surface area contributed by atoms with Crippen LogP contribution in [0.5, 0.6) is 0 Å². The second-order valence-corrected chi connectivity index (χ2v) is 5.76. The third-order valence-electron chi connectivity index (χ3n) is 4.48. The minimum Gasteiger partial charge on any atom is -0.392 e. The number of pyridine rings is 1. The van der Waals surface area contributed by atoms with Gasteiger partial charge in [0.05, 0.1) is 17.8 Å². The van der Waals surface area contributed by atoms with Crippen LogP contribution in [0.4, 0.5) is 0 Å². The summed E-state index contributed by atoms with van der Waals surface area (Å²) in [6, 6.07) is 16.5. The number of fused-ring (bicyclic) bond motifs is 2. The van der Waals surface area contributed by atoms with E-state index in [-0.39, 0.29) is 6.61 Å². The molecule has 2 heteroatoms. The summed E-state index contributed by atoms with van der Waals surface area (Å²) in [5.41, 5.74) is 8.13. The van der Waals surface area contributed by atoms with Gasteiger partial charge in [-0.2, -0.15) is 0 Å². The standard InChI is InChI=1S/C20H17NO/c1-13-4-2-6-17-15(13)8-9-18(17)20-11-10-16-14(12-22)5-3-7-19(16)21-20/h2-7,9-11,22H,8,12H2,1H3. The van der Waals surface area contributed by atoms with Crippen molar-refractivity contribution in [3.05, 3.63) is 82.6 Å². The summed E-state index contributed by atoms with van der Waals surface area (Å²) in [5.74, 6) is 0. The van der Waals surface area contributed by atoms with Crippen LogP contribution in [0.25, 0.3) is 16.5 Å². The first kappa shape index (κ1) is 13.2. The summed E-state index contributed by atoms with van der Waals surface area (Å²) in [4.78, 5) is 4.81. The van der Waals surface area contributed by atoms with Gasteiger partial charge >= 0.3 is 0 Å². The minimum atomic E-state index is 0.0447. The van der Waals surface area contributed by atoms with Crippen molar-refractivity contribution in [1.82, 2.24) is 4.98 Å². The summed E-state index contributed by atoms with van der Waals surface area (Å²) in [6.07, 6.45) is 3.25. The highest BCUT2D eigenvalue weighted by molar-refractivity contribution is 5.88. The van der Waals surface area contributed by atoms with E-state index in [4.69, 9.17) is 4.98 Å². The number of benzene rings is 2. The van der Waals surface area contributed by atoms with Crippen LogP contribution >= 0.6 is 0 Å². The summed E-state index contributed by atoms with van der Waals surface area (Å²) in [7, 11) is 0. The number of hydrogen-bond donors (Lipinski definition) is 1. The molecule has 108 valence electrons. The number of hydrogen-bond acceptors (Lipinski definition) is 2. The van der Waals surface area contributed by atoms with Crippen LogP contribution in [0.1, 0.15) is 27.9 Å². The van der Waals surface area contributed by atoms with Crippen LogP contribution in [0.2, 0.25) is 0 Å². The highest BCUT2D eigenvalue weighted by Crippen LogP contribution is 2.34. The molecule has 2 nitrogen and oxygen atoms in total. The van der Waals surface area contributed by atoms with Gasteiger partial charge in [-0.25, -0.2) is 4.98 Å². The quantitative estimate of drug-likeness (QED) is 0.772. The molecule has 0 aliphatic heterocycles. The van der Waals surface area contributed by atoms with Crippen LogP contribution in [-0.2, 0) is 13.0 Å². The second-order valence-electron chi connectivity index (χ2n) is 5.76. The molecular weight excluding hydrogens is 270 g/mol. The van der Waals surface area contributed by atoms with Crippen molar-refractivity contribution in [3.63, 3.8) is 0 Å². The first-order valence-electron chi connectivity index (χ1n) is 7.57. The monoisotopic (exact) mass is 287 g/mol. The van der Waals surface area contributed by atoms with Gasteiger partial charge in [-0.15, -0.1) is 0 Å². The predicted octanol–water partition coefficient (Wildman–Crippen LogP) is 4.02. The van der Waals surface area contributed by atoms with Crippen molar-refractivity contribution < 1.29 is 5.11 Å². The largest absolute Gasteiger partial charge is 0.392 e. The highest BCUT2D eigenvalue weighted by atomic mass is 16.3. The lowest BCUT2D eigenvalue weighted by atomic mass is 9.99. The number of allylic oxidation sites excluding steroid dienone is 1. The maximum Gasteiger partial charge on any atom is 0.0713 e. The Morgan fingerprint density at radius 2 is 1.91 bits per heavy atom. The number of nitrogens with zero attached hydrogens (tertiary/aromatic N) is 1. The Kier molecular flexibility index (Phi) is 3.05. The van der Waals surface area contributed by atoms with Gasteiger partial charge in [0.1, 0.15) is 0 Å². The van der Waals surface area contributed by atoms with Crippen molar-refractivity contribution in [2.75, 3.05) is 0 Å². The van der Waals surface area contributed by atoms with E-state index < -0.39 is 0 Å². The van der Waals surface area contributed by atoms with Crippen molar-refractivity contribution in [2.24, 2.45) is 0 Å². The van der Waals surface area contributed by atoms with Crippen molar-refractivity contribution in [3.8, 4) is 0 Å². The zero-order chi connectivity index (χ0) is 15.1. The molecule has 0 atom stereocenters. The van der Waals surface area contributed by atoms with Crippen LogP contribution < -0.4 is 0 Å². The molecule has 0 saturated heterocycles. The minimum absolute atomic E-state index is 0.0447. The highest BCUT2D eigenvalue weighted by Gasteiger charge is 2.18. The first-order valence-corrected chi connectivity index (χ1v) is 7.57. The van der Waals surface area contributed by atoms with E-state index in [0.29, 0.717) is 0 Å². The van der Waals surface area contributed by atoms with E-state index in [1.807, 2.05) is 18.2 Å². The van der Waals surface area contributed by atoms with Crippen molar-refractivity contribution >= 4 is 16.5 Å². The molecule has 0 amide bonds. The van der Waals surface area contributed by atoms with E-state index in [1.54, 1.807) is 0 Å². The van der Waals surface area contributed by atoms with Gasteiger partial charge in [0.15, 0.2) is 0 Å². The molecule has 0 unspecified atom stereocenters. The summed E-state index contributed by atoms with van der Waals surface area (Å²) in [6.45, 7) is 2.21. The third kappa shape index (κ3) is 1.96. The molecule has 1 aliphatic rings. The van der Waals surface area contributed by atoms with Gasteiger partial charge < -0.3 is 5.11 Å². The molecule has 22 heavy (non-hydrogen) atoms. The van der Waals surface area contributed by atoms with Crippen molar-refractivity contribution in [1.29, 1.82) is 0 Å². The Balaban J connectivity index is 1.86. The van der Waals surface area contributed by atoms with Crippen LogP contribution in [-0.4, -0.2) is 10.1 Å².